The van der Waals surface area contributed by atoms with Gasteiger partial charge in [-0.1, -0.05) is 51.3 Å². The van der Waals surface area contributed by atoms with E-state index >= 15 is 0 Å². The molecule has 0 bridgehead atoms. The maximum absolute atomic E-state index is 13.7. The first-order valence-electron chi connectivity index (χ1n) is 5.46. The Balaban J connectivity index is 2.44. The number of rotatable bonds is 3. The summed E-state index contributed by atoms with van der Waals surface area (Å²) in [4.78, 5) is -0.283. The first-order chi connectivity index (χ1) is 9.04. The highest BCUT2D eigenvalue weighted by Gasteiger charge is 2.18. The summed E-state index contributed by atoms with van der Waals surface area (Å²) in [5.74, 6) is -0.221. The summed E-state index contributed by atoms with van der Waals surface area (Å²) in [5.41, 5.74) is 1.43. The Kier molecular flexibility index (Phi) is 4.71. The minimum absolute atomic E-state index is 0.203. The lowest BCUT2D eigenvalue weighted by Crippen LogP contribution is -1.97. The van der Waals surface area contributed by atoms with Crippen molar-refractivity contribution in [2.24, 2.45) is 0 Å². The van der Waals surface area contributed by atoms with Gasteiger partial charge in [0.25, 0.3) is 0 Å². The fourth-order valence-corrected chi connectivity index (χ4v) is 3.42. The molecule has 0 spiro atoms. The van der Waals surface area contributed by atoms with Crippen LogP contribution in [0.15, 0.2) is 36.4 Å². The second-order valence-corrected chi connectivity index (χ2v) is 5.62. The van der Waals surface area contributed by atoms with Gasteiger partial charge in [0.1, 0.15) is 0 Å². The van der Waals surface area contributed by atoms with Gasteiger partial charge < -0.3 is 4.74 Å². The van der Waals surface area contributed by atoms with E-state index < -0.39 is 5.82 Å². The molecule has 0 heterocycles. The monoisotopic (exact) mass is 362 g/mol. The van der Waals surface area contributed by atoms with Crippen molar-refractivity contribution in [3.63, 3.8) is 0 Å². The number of hydrogen-bond acceptors (Lipinski definition) is 1. The van der Waals surface area contributed by atoms with Crippen LogP contribution < -0.4 is 4.74 Å². The fraction of sp³-hybridized carbons (Fsp3) is 0.143. The van der Waals surface area contributed by atoms with Crippen molar-refractivity contribution >= 4 is 39.1 Å². The minimum Gasteiger partial charge on any atom is -0.494 e. The van der Waals surface area contributed by atoms with Crippen molar-refractivity contribution in [1.82, 2.24) is 0 Å². The van der Waals surface area contributed by atoms with Gasteiger partial charge in [0.15, 0.2) is 11.6 Å². The van der Waals surface area contributed by atoms with Crippen molar-refractivity contribution in [1.29, 1.82) is 0 Å². The van der Waals surface area contributed by atoms with Crippen LogP contribution in [0.5, 0.6) is 5.75 Å². The van der Waals surface area contributed by atoms with Gasteiger partial charge in [-0.3, -0.25) is 0 Å². The average Bonchev–Trinajstić information content (AvgIpc) is 2.38. The van der Waals surface area contributed by atoms with E-state index in [1.54, 1.807) is 30.3 Å². The van der Waals surface area contributed by atoms with Crippen LogP contribution in [0.1, 0.15) is 16.0 Å². The fourth-order valence-electron chi connectivity index (χ4n) is 1.76. The van der Waals surface area contributed by atoms with E-state index in [2.05, 4.69) is 15.9 Å². The zero-order valence-corrected chi connectivity index (χ0v) is 13.1. The summed E-state index contributed by atoms with van der Waals surface area (Å²) in [6.45, 7) is 0. The molecule has 1 unspecified atom stereocenters. The summed E-state index contributed by atoms with van der Waals surface area (Å²) < 4.78 is 18.6. The molecule has 0 N–H and O–H groups in total. The molecule has 1 nitrogen and oxygen atoms in total. The molecule has 2 aromatic rings. The third-order valence-electron chi connectivity index (χ3n) is 2.72. The van der Waals surface area contributed by atoms with E-state index in [1.165, 1.54) is 13.2 Å². The number of halogens is 4. The SMILES string of the molecule is COc1ccc(C(Br)c2c(Cl)cccc2Cl)cc1F. The first kappa shape index (κ1) is 14.6. The number of alkyl halides is 1. The Labute approximate surface area is 129 Å². The zero-order valence-electron chi connectivity index (χ0n) is 9.96. The highest BCUT2D eigenvalue weighted by molar-refractivity contribution is 9.09. The highest BCUT2D eigenvalue weighted by Crippen LogP contribution is 2.40. The van der Waals surface area contributed by atoms with Crippen LogP contribution in [-0.4, -0.2) is 7.11 Å². The highest BCUT2D eigenvalue weighted by atomic mass is 79.9. The van der Waals surface area contributed by atoms with E-state index in [9.17, 15) is 4.39 Å². The lowest BCUT2D eigenvalue weighted by molar-refractivity contribution is 0.386. The third-order valence-corrected chi connectivity index (χ3v) is 4.37. The normalized spacial score (nSPS) is 12.3. The smallest absolute Gasteiger partial charge is 0.165 e. The van der Waals surface area contributed by atoms with Crippen LogP contribution in [-0.2, 0) is 0 Å². The molecule has 19 heavy (non-hydrogen) atoms. The van der Waals surface area contributed by atoms with Crippen LogP contribution in [0.25, 0.3) is 0 Å². The van der Waals surface area contributed by atoms with Crippen molar-refractivity contribution < 1.29 is 9.13 Å². The van der Waals surface area contributed by atoms with E-state index in [0.717, 1.165) is 5.56 Å². The Morgan fingerprint density at radius 1 is 1.16 bits per heavy atom. The largest absolute Gasteiger partial charge is 0.494 e. The van der Waals surface area contributed by atoms with E-state index in [4.69, 9.17) is 27.9 Å². The molecule has 0 saturated carbocycles. The van der Waals surface area contributed by atoms with Gasteiger partial charge in [0.05, 0.1) is 11.9 Å². The molecular formula is C14H10BrCl2FO. The van der Waals surface area contributed by atoms with Crippen LogP contribution in [0.3, 0.4) is 0 Å². The van der Waals surface area contributed by atoms with Crippen molar-refractivity contribution in [2.45, 2.75) is 4.83 Å². The standard InChI is InChI=1S/C14H10BrCl2FO/c1-19-12-6-5-8(7-11(12)18)14(15)13-9(16)3-2-4-10(13)17/h2-7,14H,1H3. The lowest BCUT2D eigenvalue weighted by Gasteiger charge is -2.15. The molecule has 2 rings (SSSR count). The molecule has 1 atom stereocenters. The topological polar surface area (TPSA) is 9.23 Å². The Bertz CT molecular complexity index is 584. The summed E-state index contributed by atoms with van der Waals surface area (Å²) in [6.07, 6.45) is 0. The molecule has 0 saturated heterocycles. The van der Waals surface area contributed by atoms with Crippen molar-refractivity contribution in [2.75, 3.05) is 7.11 Å². The van der Waals surface area contributed by atoms with Crippen LogP contribution in [0.2, 0.25) is 10.0 Å². The van der Waals surface area contributed by atoms with Gasteiger partial charge >= 0.3 is 0 Å². The number of ether oxygens (including phenoxy) is 1. The molecule has 100 valence electrons. The number of benzene rings is 2. The maximum atomic E-state index is 13.7. The molecule has 0 fully saturated rings. The summed E-state index contributed by atoms with van der Waals surface area (Å²) in [7, 11) is 1.43. The maximum Gasteiger partial charge on any atom is 0.165 e. The second kappa shape index (κ2) is 6.12. The van der Waals surface area contributed by atoms with Gasteiger partial charge in [-0.05, 0) is 29.8 Å². The summed E-state index contributed by atoms with van der Waals surface area (Å²) in [5, 5.41) is 1.07. The molecule has 0 aromatic heterocycles. The van der Waals surface area contributed by atoms with Gasteiger partial charge in [-0.25, -0.2) is 4.39 Å². The van der Waals surface area contributed by atoms with Crippen LogP contribution >= 0.6 is 39.1 Å². The van der Waals surface area contributed by atoms with E-state index in [0.29, 0.717) is 15.6 Å². The lowest BCUT2D eigenvalue weighted by atomic mass is 10.0. The predicted molar refractivity (Wildman–Crippen MR) is 80.2 cm³/mol. The second-order valence-electron chi connectivity index (χ2n) is 3.89. The zero-order chi connectivity index (χ0) is 14.0. The minimum atomic E-state index is -0.423. The van der Waals surface area contributed by atoms with E-state index in [-0.39, 0.29) is 10.6 Å². The van der Waals surface area contributed by atoms with Gasteiger partial charge in [-0.15, -0.1) is 0 Å². The van der Waals surface area contributed by atoms with Gasteiger partial charge in [0, 0.05) is 15.6 Å². The summed E-state index contributed by atoms with van der Waals surface area (Å²) in [6, 6.07) is 10.00. The molecule has 2 aromatic carbocycles. The summed E-state index contributed by atoms with van der Waals surface area (Å²) >= 11 is 15.8. The molecule has 0 aliphatic heterocycles. The third kappa shape index (κ3) is 3.04. The Hall–Kier alpha value is -0.770. The van der Waals surface area contributed by atoms with E-state index in [1.807, 2.05) is 0 Å². The first-order valence-corrected chi connectivity index (χ1v) is 7.13. The molecular weight excluding hydrogens is 354 g/mol. The Morgan fingerprint density at radius 3 is 2.32 bits per heavy atom. The van der Waals surface area contributed by atoms with Gasteiger partial charge in [0.2, 0.25) is 0 Å². The van der Waals surface area contributed by atoms with Gasteiger partial charge in [-0.2, -0.15) is 0 Å². The van der Waals surface area contributed by atoms with Crippen LogP contribution in [0, 0.1) is 5.82 Å². The predicted octanol–water partition coefficient (Wildman–Crippen LogP) is 5.63. The van der Waals surface area contributed by atoms with Crippen molar-refractivity contribution in [3.05, 3.63) is 63.4 Å². The van der Waals surface area contributed by atoms with Crippen LogP contribution in [0.4, 0.5) is 4.39 Å². The average molecular weight is 364 g/mol. The molecule has 0 amide bonds. The number of methoxy groups -OCH3 is 1. The Morgan fingerprint density at radius 2 is 1.79 bits per heavy atom. The molecule has 0 radical (unpaired) electrons. The van der Waals surface area contributed by atoms with Crippen molar-refractivity contribution in [3.8, 4) is 5.75 Å². The molecule has 0 aliphatic carbocycles. The molecule has 5 heteroatoms. The quantitative estimate of drug-likeness (QED) is 0.642. The number of hydrogen-bond donors (Lipinski definition) is 0. The molecule has 0 aliphatic rings.